The van der Waals surface area contributed by atoms with Gasteiger partial charge < -0.3 is 5.32 Å². The molecule has 114 valence electrons. The van der Waals surface area contributed by atoms with Gasteiger partial charge in [0.1, 0.15) is 0 Å². The normalized spacial score (nSPS) is 15.3. The lowest BCUT2D eigenvalue weighted by atomic mass is 10.1. The third-order valence-electron chi connectivity index (χ3n) is 4.23. The summed E-state index contributed by atoms with van der Waals surface area (Å²) in [7, 11) is 1.99. The van der Waals surface area contributed by atoms with E-state index in [1.807, 2.05) is 29.3 Å². The Labute approximate surface area is 131 Å². The van der Waals surface area contributed by atoms with Crippen molar-refractivity contribution in [2.24, 2.45) is 7.05 Å². The van der Waals surface area contributed by atoms with Crippen LogP contribution in [0.5, 0.6) is 0 Å². The maximum Gasteiger partial charge on any atom is 0.0521 e. The number of fused-ring (bicyclic) bond motifs is 1. The standard InChI is InChI=1S/C17H25N3S/c1-3-9-18-15(8-7-13-11-19-20(2)12-13)17-10-14-5-4-6-16(14)21-17/h10-12,15,18H,3-9H2,1-2H3. The molecule has 4 heteroatoms. The maximum atomic E-state index is 4.27. The molecule has 1 unspecified atom stereocenters. The van der Waals surface area contributed by atoms with Crippen molar-refractivity contribution in [2.45, 2.75) is 51.5 Å². The number of aryl methyl sites for hydroxylation is 4. The molecule has 0 spiro atoms. The second kappa shape index (κ2) is 6.75. The summed E-state index contributed by atoms with van der Waals surface area (Å²) in [5.74, 6) is 0. The fraction of sp³-hybridized carbons (Fsp3) is 0.588. The molecular formula is C17H25N3S. The number of aromatic nitrogens is 2. The Morgan fingerprint density at radius 1 is 1.43 bits per heavy atom. The van der Waals surface area contributed by atoms with Crippen LogP contribution < -0.4 is 5.32 Å². The largest absolute Gasteiger partial charge is 0.309 e. The zero-order chi connectivity index (χ0) is 14.7. The van der Waals surface area contributed by atoms with Gasteiger partial charge >= 0.3 is 0 Å². The average molecular weight is 303 g/mol. The number of thiophene rings is 1. The summed E-state index contributed by atoms with van der Waals surface area (Å²) in [5, 5.41) is 8.00. The molecule has 2 aromatic rings. The van der Waals surface area contributed by atoms with E-state index in [4.69, 9.17) is 0 Å². The smallest absolute Gasteiger partial charge is 0.0521 e. The van der Waals surface area contributed by atoms with Gasteiger partial charge in [-0.15, -0.1) is 11.3 Å². The van der Waals surface area contributed by atoms with E-state index in [1.54, 1.807) is 10.4 Å². The molecule has 0 saturated heterocycles. The summed E-state index contributed by atoms with van der Waals surface area (Å²) >= 11 is 2.04. The Kier molecular flexibility index (Phi) is 4.76. The van der Waals surface area contributed by atoms with Crippen LogP contribution in [-0.2, 0) is 26.3 Å². The first-order valence-electron chi connectivity index (χ1n) is 8.08. The van der Waals surface area contributed by atoms with Crippen molar-refractivity contribution in [2.75, 3.05) is 6.54 Å². The zero-order valence-electron chi connectivity index (χ0n) is 13.1. The van der Waals surface area contributed by atoms with Gasteiger partial charge in [-0.2, -0.15) is 5.10 Å². The molecule has 1 N–H and O–H groups in total. The molecule has 2 aromatic heterocycles. The first-order chi connectivity index (χ1) is 10.3. The molecule has 0 fully saturated rings. The summed E-state index contributed by atoms with van der Waals surface area (Å²) in [4.78, 5) is 3.17. The molecule has 1 atom stereocenters. The molecular weight excluding hydrogens is 278 g/mol. The second-order valence-corrected chi connectivity index (χ2v) is 7.19. The minimum Gasteiger partial charge on any atom is -0.309 e. The molecule has 21 heavy (non-hydrogen) atoms. The van der Waals surface area contributed by atoms with E-state index in [2.05, 4.69) is 29.6 Å². The number of hydrogen-bond donors (Lipinski definition) is 1. The lowest BCUT2D eigenvalue weighted by Gasteiger charge is -2.17. The number of rotatable bonds is 7. The Hall–Kier alpha value is -1.13. The third-order valence-corrected chi connectivity index (χ3v) is 5.58. The molecule has 1 aliphatic carbocycles. The summed E-state index contributed by atoms with van der Waals surface area (Å²) in [6.45, 7) is 3.33. The molecule has 3 nitrogen and oxygen atoms in total. The zero-order valence-corrected chi connectivity index (χ0v) is 13.9. The Morgan fingerprint density at radius 3 is 3.05 bits per heavy atom. The van der Waals surface area contributed by atoms with Gasteiger partial charge in [0.15, 0.2) is 0 Å². The maximum absolute atomic E-state index is 4.27. The summed E-state index contributed by atoms with van der Waals surface area (Å²) in [6.07, 6.45) is 11.5. The first kappa shape index (κ1) is 14.8. The van der Waals surface area contributed by atoms with Gasteiger partial charge in [0.25, 0.3) is 0 Å². The van der Waals surface area contributed by atoms with E-state index in [-0.39, 0.29) is 0 Å². The number of nitrogens with zero attached hydrogens (tertiary/aromatic N) is 2. The van der Waals surface area contributed by atoms with E-state index in [9.17, 15) is 0 Å². The van der Waals surface area contributed by atoms with Crippen molar-refractivity contribution in [3.05, 3.63) is 39.3 Å². The van der Waals surface area contributed by atoms with Gasteiger partial charge in [0, 0.05) is 29.0 Å². The Balaban J connectivity index is 1.67. The summed E-state index contributed by atoms with van der Waals surface area (Å²) < 4.78 is 1.89. The molecule has 0 bridgehead atoms. The topological polar surface area (TPSA) is 29.9 Å². The fourth-order valence-corrected chi connectivity index (χ4v) is 4.47. The van der Waals surface area contributed by atoms with Crippen molar-refractivity contribution >= 4 is 11.3 Å². The highest BCUT2D eigenvalue weighted by molar-refractivity contribution is 7.12. The van der Waals surface area contributed by atoms with Crippen LogP contribution >= 0.6 is 11.3 Å². The van der Waals surface area contributed by atoms with E-state index in [1.165, 1.54) is 36.1 Å². The van der Waals surface area contributed by atoms with Gasteiger partial charge in [0.2, 0.25) is 0 Å². The average Bonchev–Trinajstić information content (AvgIpc) is 3.14. The minimum atomic E-state index is 0.501. The van der Waals surface area contributed by atoms with Gasteiger partial charge in [-0.1, -0.05) is 6.92 Å². The van der Waals surface area contributed by atoms with Crippen LogP contribution in [0.1, 0.15) is 53.1 Å². The van der Waals surface area contributed by atoms with Gasteiger partial charge in [-0.05, 0) is 62.3 Å². The van der Waals surface area contributed by atoms with Crippen molar-refractivity contribution in [3.63, 3.8) is 0 Å². The minimum absolute atomic E-state index is 0.501. The van der Waals surface area contributed by atoms with Gasteiger partial charge in [0.05, 0.1) is 6.20 Å². The fourth-order valence-electron chi connectivity index (χ4n) is 3.10. The highest BCUT2D eigenvalue weighted by Crippen LogP contribution is 2.35. The SMILES string of the molecule is CCCNC(CCc1cnn(C)c1)c1cc2c(s1)CCC2. The van der Waals surface area contributed by atoms with Crippen molar-refractivity contribution < 1.29 is 0 Å². The van der Waals surface area contributed by atoms with Crippen molar-refractivity contribution in [1.29, 1.82) is 0 Å². The van der Waals surface area contributed by atoms with Crippen molar-refractivity contribution in [1.82, 2.24) is 15.1 Å². The van der Waals surface area contributed by atoms with Crippen LogP contribution in [0.2, 0.25) is 0 Å². The molecule has 0 aromatic carbocycles. The van der Waals surface area contributed by atoms with Crippen molar-refractivity contribution in [3.8, 4) is 0 Å². The monoisotopic (exact) mass is 303 g/mol. The van der Waals surface area contributed by atoms with Crippen LogP contribution in [0, 0.1) is 0 Å². The lowest BCUT2D eigenvalue weighted by molar-refractivity contribution is 0.506. The van der Waals surface area contributed by atoms with Gasteiger partial charge in [-0.3, -0.25) is 4.68 Å². The molecule has 0 amide bonds. The Morgan fingerprint density at radius 2 is 2.33 bits per heavy atom. The third kappa shape index (κ3) is 3.55. The molecule has 2 heterocycles. The quantitative estimate of drug-likeness (QED) is 0.846. The van der Waals surface area contributed by atoms with Crippen LogP contribution in [-0.4, -0.2) is 16.3 Å². The predicted octanol–water partition coefficient (Wildman–Crippen LogP) is 3.64. The molecule has 0 saturated carbocycles. The van der Waals surface area contributed by atoms with E-state index in [0.29, 0.717) is 6.04 Å². The second-order valence-electron chi connectivity index (χ2n) is 6.02. The van der Waals surface area contributed by atoms with Crippen LogP contribution in [0.3, 0.4) is 0 Å². The molecule has 0 radical (unpaired) electrons. The summed E-state index contributed by atoms with van der Waals surface area (Å²) in [6, 6.07) is 2.96. The van der Waals surface area contributed by atoms with Gasteiger partial charge in [-0.25, -0.2) is 0 Å². The van der Waals surface area contributed by atoms with Crippen LogP contribution in [0.4, 0.5) is 0 Å². The number of nitrogens with one attached hydrogen (secondary N) is 1. The molecule has 1 aliphatic rings. The van der Waals surface area contributed by atoms with E-state index >= 15 is 0 Å². The highest BCUT2D eigenvalue weighted by atomic mass is 32.1. The lowest BCUT2D eigenvalue weighted by Crippen LogP contribution is -2.22. The van der Waals surface area contributed by atoms with Crippen LogP contribution in [0.25, 0.3) is 0 Å². The summed E-state index contributed by atoms with van der Waals surface area (Å²) in [5.41, 5.74) is 2.95. The van der Waals surface area contributed by atoms with Crippen LogP contribution in [0.15, 0.2) is 18.5 Å². The first-order valence-corrected chi connectivity index (χ1v) is 8.90. The van der Waals surface area contributed by atoms with E-state index in [0.717, 1.165) is 19.4 Å². The van der Waals surface area contributed by atoms with E-state index < -0.39 is 0 Å². The molecule has 0 aliphatic heterocycles. The predicted molar refractivity (Wildman–Crippen MR) is 88.9 cm³/mol. The Bertz CT molecular complexity index is 563. The molecule has 3 rings (SSSR count). The number of hydrogen-bond acceptors (Lipinski definition) is 3. The highest BCUT2D eigenvalue weighted by Gasteiger charge is 2.20.